The highest BCUT2D eigenvalue weighted by Crippen LogP contribution is 2.23. The molecule has 1 aliphatic heterocycles. The molecule has 0 radical (unpaired) electrons. The summed E-state index contributed by atoms with van der Waals surface area (Å²) in [6.07, 6.45) is 0.414. The number of imide groups is 1. The zero-order valence-corrected chi connectivity index (χ0v) is 14.1. The van der Waals surface area contributed by atoms with Crippen LogP contribution < -0.4 is 15.5 Å². The van der Waals surface area contributed by atoms with Crippen LogP contribution in [0.4, 0.5) is 10.8 Å². The Morgan fingerprint density at radius 1 is 1.08 bits per heavy atom. The maximum absolute atomic E-state index is 12.2. The second kappa shape index (κ2) is 6.81. The first-order valence-corrected chi connectivity index (χ1v) is 8.32. The average Bonchev–Trinajstić information content (AvgIpc) is 3.21. The fourth-order valence-corrected chi connectivity index (χ4v) is 3.04. The van der Waals surface area contributed by atoms with Crippen LogP contribution in [0.2, 0.25) is 0 Å². The Morgan fingerprint density at radius 3 is 2.32 bits per heavy atom. The van der Waals surface area contributed by atoms with Crippen molar-refractivity contribution in [1.29, 1.82) is 0 Å². The lowest BCUT2D eigenvalue weighted by Crippen LogP contribution is -2.28. The molecular formula is C16H14N4O4S. The lowest BCUT2D eigenvalue weighted by Gasteiger charge is -2.13. The Hall–Kier alpha value is -3.07. The predicted octanol–water partition coefficient (Wildman–Crippen LogP) is 1.41. The van der Waals surface area contributed by atoms with E-state index in [9.17, 15) is 19.2 Å². The standard InChI is InChI=1S/C16H14N4O4S/c1-17-15(24)11-8-25-16(18-11)19-14(23)9-2-4-10(5-3-9)20-12(21)6-7-13(20)22/h2-5,8H,6-7H2,1H3,(H,17,24)(H,18,19,23). The summed E-state index contributed by atoms with van der Waals surface area (Å²) in [5, 5.41) is 6.90. The fourth-order valence-electron chi connectivity index (χ4n) is 2.36. The van der Waals surface area contributed by atoms with Crippen LogP contribution in [-0.2, 0) is 9.59 Å². The van der Waals surface area contributed by atoms with E-state index in [0.29, 0.717) is 16.4 Å². The Kier molecular flexibility index (Phi) is 4.57. The lowest BCUT2D eigenvalue weighted by molar-refractivity contribution is -0.121. The molecule has 1 aliphatic rings. The molecule has 25 heavy (non-hydrogen) atoms. The van der Waals surface area contributed by atoms with Gasteiger partial charge in [0.15, 0.2) is 5.13 Å². The molecule has 0 spiro atoms. The number of carbonyl (C=O) groups excluding carboxylic acids is 4. The molecule has 2 N–H and O–H groups in total. The highest BCUT2D eigenvalue weighted by molar-refractivity contribution is 7.14. The van der Waals surface area contributed by atoms with Crippen molar-refractivity contribution >= 4 is 45.8 Å². The molecule has 2 aromatic rings. The summed E-state index contributed by atoms with van der Waals surface area (Å²) in [6.45, 7) is 0. The van der Waals surface area contributed by atoms with Gasteiger partial charge in [0.25, 0.3) is 11.8 Å². The minimum absolute atomic E-state index is 0.207. The van der Waals surface area contributed by atoms with E-state index in [2.05, 4.69) is 15.6 Å². The number of benzene rings is 1. The molecule has 2 heterocycles. The molecule has 1 saturated heterocycles. The highest BCUT2D eigenvalue weighted by atomic mass is 32.1. The second-order valence-electron chi connectivity index (χ2n) is 5.24. The van der Waals surface area contributed by atoms with E-state index in [4.69, 9.17) is 0 Å². The number of amides is 4. The molecular weight excluding hydrogens is 344 g/mol. The Balaban J connectivity index is 1.70. The number of nitrogens with one attached hydrogen (secondary N) is 2. The topological polar surface area (TPSA) is 108 Å². The fraction of sp³-hybridized carbons (Fsp3) is 0.188. The minimum Gasteiger partial charge on any atom is -0.354 e. The number of carbonyl (C=O) groups is 4. The largest absolute Gasteiger partial charge is 0.354 e. The summed E-state index contributed by atoms with van der Waals surface area (Å²) in [5.41, 5.74) is 1.02. The van der Waals surface area contributed by atoms with Crippen molar-refractivity contribution in [3.63, 3.8) is 0 Å². The first-order chi connectivity index (χ1) is 12.0. The van der Waals surface area contributed by atoms with Gasteiger partial charge in [0.1, 0.15) is 5.69 Å². The van der Waals surface area contributed by atoms with Crippen LogP contribution in [0.25, 0.3) is 0 Å². The van der Waals surface area contributed by atoms with Crippen molar-refractivity contribution in [1.82, 2.24) is 10.3 Å². The smallest absolute Gasteiger partial charge is 0.270 e. The third-order valence-corrected chi connectivity index (χ3v) is 4.38. The summed E-state index contributed by atoms with van der Waals surface area (Å²) >= 11 is 1.14. The van der Waals surface area contributed by atoms with Crippen LogP contribution >= 0.6 is 11.3 Å². The number of nitrogens with zero attached hydrogens (tertiary/aromatic N) is 2. The minimum atomic E-state index is -0.400. The predicted molar refractivity (Wildman–Crippen MR) is 91.6 cm³/mol. The number of anilines is 2. The average molecular weight is 358 g/mol. The molecule has 9 heteroatoms. The summed E-state index contributed by atoms with van der Waals surface area (Å²) < 4.78 is 0. The SMILES string of the molecule is CNC(=O)c1csc(NC(=O)c2ccc(N3C(=O)CCC3=O)cc2)n1. The lowest BCUT2D eigenvalue weighted by atomic mass is 10.2. The van der Waals surface area contributed by atoms with Crippen LogP contribution in [0, 0.1) is 0 Å². The third-order valence-electron chi connectivity index (χ3n) is 3.62. The van der Waals surface area contributed by atoms with Crippen LogP contribution in [-0.4, -0.2) is 35.7 Å². The summed E-state index contributed by atoms with van der Waals surface area (Å²) in [7, 11) is 1.50. The number of hydrogen-bond acceptors (Lipinski definition) is 6. The normalized spacial score (nSPS) is 13.9. The summed E-state index contributed by atoms with van der Waals surface area (Å²) in [6, 6.07) is 6.15. The summed E-state index contributed by atoms with van der Waals surface area (Å²) in [4.78, 5) is 52.3. The molecule has 0 aliphatic carbocycles. The Bertz CT molecular complexity index is 843. The maximum Gasteiger partial charge on any atom is 0.270 e. The van der Waals surface area contributed by atoms with Gasteiger partial charge < -0.3 is 5.32 Å². The van der Waals surface area contributed by atoms with Gasteiger partial charge in [0, 0.05) is 30.8 Å². The van der Waals surface area contributed by atoms with Gasteiger partial charge in [-0.05, 0) is 24.3 Å². The molecule has 128 valence electrons. The van der Waals surface area contributed by atoms with Crippen LogP contribution in [0.5, 0.6) is 0 Å². The molecule has 1 aromatic heterocycles. The summed E-state index contributed by atoms with van der Waals surface area (Å²) in [5.74, 6) is -1.22. The van der Waals surface area contributed by atoms with E-state index >= 15 is 0 Å². The Morgan fingerprint density at radius 2 is 1.72 bits per heavy atom. The molecule has 3 rings (SSSR count). The molecule has 0 saturated carbocycles. The first-order valence-electron chi connectivity index (χ1n) is 7.44. The number of aromatic nitrogens is 1. The molecule has 4 amide bonds. The molecule has 1 aromatic carbocycles. The van der Waals surface area contributed by atoms with Crippen molar-refractivity contribution in [2.24, 2.45) is 0 Å². The van der Waals surface area contributed by atoms with Crippen molar-refractivity contribution in [3.8, 4) is 0 Å². The van der Waals surface area contributed by atoms with Gasteiger partial charge in [-0.3, -0.25) is 29.4 Å². The van der Waals surface area contributed by atoms with E-state index in [1.54, 1.807) is 17.5 Å². The van der Waals surface area contributed by atoms with Crippen LogP contribution in [0.15, 0.2) is 29.6 Å². The Labute approximate surface area is 146 Å². The van der Waals surface area contributed by atoms with Gasteiger partial charge in [-0.15, -0.1) is 11.3 Å². The molecule has 0 bridgehead atoms. The third kappa shape index (κ3) is 3.41. The van der Waals surface area contributed by atoms with Gasteiger partial charge in [0.2, 0.25) is 11.8 Å². The molecule has 0 unspecified atom stereocenters. The first kappa shape index (κ1) is 16.8. The quantitative estimate of drug-likeness (QED) is 0.803. The van der Waals surface area contributed by atoms with E-state index in [0.717, 1.165) is 16.2 Å². The van der Waals surface area contributed by atoms with E-state index in [-0.39, 0.29) is 36.3 Å². The van der Waals surface area contributed by atoms with Crippen LogP contribution in [0.1, 0.15) is 33.7 Å². The van der Waals surface area contributed by atoms with Gasteiger partial charge >= 0.3 is 0 Å². The highest BCUT2D eigenvalue weighted by Gasteiger charge is 2.30. The maximum atomic E-state index is 12.2. The molecule has 0 atom stereocenters. The van der Waals surface area contributed by atoms with Gasteiger partial charge in [-0.1, -0.05) is 0 Å². The second-order valence-corrected chi connectivity index (χ2v) is 6.10. The van der Waals surface area contributed by atoms with Gasteiger partial charge in [-0.25, -0.2) is 4.98 Å². The molecule has 1 fully saturated rings. The van der Waals surface area contributed by atoms with E-state index in [1.807, 2.05) is 0 Å². The zero-order valence-electron chi connectivity index (χ0n) is 13.2. The number of thiazole rings is 1. The molecule has 8 nitrogen and oxygen atoms in total. The monoisotopic (exact) mass is 358 g/mol. The van der Waals surface area contributed by atoms with Crippen LogP contribution in [0.3, 0.4) is 0 Å². The number of hydrogen-bond donors (Lipinski definition) is 2. The van der Waals surface area contributed by atoms with E-state index < -0.39 is 5.91 Å². The number of rotatable bonds is 4. The van der Waals surface area contributed by atoms with Crippen molar-refractivity contribution in [3.05, 3.63) is 40.9 Å². The van der Waals surface area contributed by atoms with Crippen molar-refractivity contribution in [2.45, 2.75) is 12.8 Å². The van der Waals surface area contributed by atoms with Crippen molar-refractivity contribution < 1.29 is 19.2 Å². The van der Waals surface area contributed by atoms with Gasteiger partial charge in [0.05, 0.1) is 5.69 Å². The van der Waals surface area contributed by atoms with Crippen molar-refractivity contribution in [2.75, 3.05) is 17.3 Å². The van der Waals surface area contributed by atoms with E-state index in [1.165, 1.54) is 19.2 Å². The van der Waals surface area contributed by atoms with Gasteiger partial charge in [-0.2, -0.15) is 0 Å². The zero-order chi connectivity index (χ0) is 18.0.